The van der Waals surface area contributed by atoms with Crippen LogP contribution in [0.5, 0.6) is 5.75 Å². The summed E-state index contributed by atoms with van der Waals surface area (Å²) in [5.74, 6) is 1.42. The molecule has 3 heteroatoms. The predicted molar refractivity (Wildman–Crippen MR) is 137 cm³/mol. The van der Waals surface area contributed by atoms with E-state index in [1.165, 1.54) is 83.5 Å². The number of hydrogen-bond donors (Lipinski definition) is 0. The standard InChI is InChI=1S/C29H46N2O/c1-4-6-8-10-11-12-13-14-16-24-32-27-20-18-26(19-21-27)29-23-22-28(30-31-29)25(3)17-15-9-7-5-2/h18-23,25H,4-17,24H2,1-3H3. The third-order valence-electron chi connectivity index (χ3n) is 6.35. The van der Waals surface area contributed by atoms with Crippen LogP contribution >= 0.6 is 0 Å². The molecule has 1 aromatic heterocycles. The van der Waals surface area contributed by atoms with Gasteiger partial charge >= 0.3 is 0 Å². The van der Waals surface area contributed by atoms with E-state index in [1.807, 2.05) is 0 Å². The maximum Gasteiger partial charge on any atom is 0.119 e. The molecule has 1 heterocycles. The molecule has 0 bridgehead atoms. The van der Waals surface area contributed by atoms with Crippen LogP contribution in [0.4, 0.5) is 0 Å². The monoisotopic (exact) mass is 438 g/mol. The second kappa shape index (κ2) is 16.7. The second-order valence-corrected chi connectivity index (χ2v) is 9.30. The number of hydrogen-bond acceptors (Lipinski definition) is 3. The van der Waals surface area contributed by atoms with E-state index in [1.54, 1.807) is 0 Å². The van der Waals surface area contributed by atoms with E-state index in [0.717, 1.165) is 35.7 Å². The van der Waals surface area contributed by atoms with E-state index in [9.17, 15) is 0 Å². The maximum absolute atomic E-state index is 5.93. The summed E-state index contributed by atoms with van der Waals surface area (Å²) in [7, 11) is 0. The highest BCUT2D eigenvalue weighted by molar-refractivity contribution is 5.59. The fourth-order valence-corrected chi connectivity index (χ4v) is 4.11. The Balaban J connectivity index is 1.65. The second-order valence-electron chi connectivity index (χ2n) is 9.30. The Bertz CT molecular complexity index is 696. The third-order valence-corrected chi connectivity index (χ3v) is 6.35. The quantitative estimate of drug-likeness (QED) is 0.218. The average molecular weight is 439 g/mol. The predicted octanol–water partition coefficient (Wildman–Crippen LogP) is 9.13. The SMILES string of the molecule is CCCCCCCCCCCOc1ccc(-c2ccc(C(C)CCCCCC)nn2)cc1. The van der Waals surface area contributed by atoms with Gasteiger partial charge in [0.25, 0.3) is 0 Å². The molecule has 32 heavy (non-hydrogen) atoms. The number of ether oxygens (including phenoxy) is 1. The molecule has 178 valence electrons. The highest BCUT2D eigenvalue weighted by Crippen LogP contribution is 2.24. The van der Waals surface area contributed by atoms with Crippen molar-refractivity contribution in [1.29, 1.82) is 0 Å². The molecular formula is C29H46N2O. The fraction of sp³-hybridized carbons (Fsp3) is 0.655. The van der Waals surface area contributed by atoms with E-state index in [-0.39, 0.29) is 0 Å². The Labute approximate surface area is 197 Å². The van der Waals surface area contributed by atoms with E-state index in [0.29, 0.717) is 5.92 Å². The first-order chi connectivity index (χ1) is 15.7. The zero-order valence-electron chi connectivity index (χ0n) is 21.0. The van der Waals surface area contributed by atoms with Gasteiger partial charge in [-0.25, -0.2) is 0 Å². The summed E-state index contributed by atoms with van der Waals surface area (Å²) in [5.41, 5.74) is 3.12. The molecule has 0 saturated carbocycles. The minimum atomic E-state index is 0.477. The first kappa shape index (κ1) is 26.4. The molecule has 3 nitrogen and oxygen atoms in total. The van der Waals surface area contributed by atoms with Crippen LogP contribution in [0.15, 0.2) is 36.4 Å². The van der Waals surface area contributed by atoms with Crippen LogP contribution < -0.4 is 4.74 Å². The lowest BCUT2D eigenvalue weighted by molar-refractivity contribution is 0.304. The number of benzene rings is 1. The van der Waals surface area contributed by atoms with Crippen molar-refractivity contribution in [3.05, 3.63) is 42.1 Å². The van der Waals surface area contributed by atoms with Gasteiger partial charge in [-0.05, 0) is 49.2 Å². The van der Waals surface area contributed by atoms with Crippen LogP contribution in [-0.4, -0.2) is 16.8 Å². The first-order valence-corrected chi connectivity index (χ1v) is 13.3. The van der Waals surface area contributed by atoms with Gasteiger partial charge in [-0.15, -0.1) is 0 Å². The number of nitrogens with zero attached hydrogens (tertiary/aromatic N) is 2. The number of unbranched alkanes of at least 4 members (excludes halogenated alkanes) is 11. The Morgan fingerprint density at radius 1 is 0.656 bits per heavy atom. The molecule has 0 aliphatic rings. The summed E-state index contributed by atoms with van der Waals surface area (Å²) in [5, 5.41) is 8.98. The van der Waals surface area contributed by atoms with Crippen molar-refractivity contribution in [3.8, 4) is 17.0 Å². The van der Waals surface area contributed by atoms with Crippen molar-refractivity contribution >= 4 is 0 Å². The molecule has 0 saturated heterocycles. The van der Waals surface area contributed by atoms with Gasteiger partial charge in [0.2, 0.25) is 0 Å². The van der Waals surface area contributed by atoms with E-state index in [4.69, 9.17) is 4.74 Å². The lowest BCUT2D eigenvalue weighted by Crippen LogP contribution is -2.00. The van der Waals surface area contributed by atoms with Gasteiger partial charge < -0.3 is 4.74 Å². The largest absolute Gasteiger partial charge is 0.494 e. The minimum absolute atomic E-state index is 0.477. The Hall–Kier alpha value is -1.90. The van der Waals surface area contributed by atoms with Crippen molar-refractivity contribution in [2.45, 2.75) is 117 Å². The summed E-state index contributed by atoms with van der Waals surface area (Å²) < 4.78 is 5.93. The molecule has 1 atom stereocenters. The van der Waals surface area contributed by atoms with E-state index in [2.05, 4.69) is 67.4 Å². The van der Waals surface area contributed by atoms with E-state index >= 15 is 0 Å². The van der Waals surface area contributed by atoms with Crippen molar-refractivity contribution in [1.82, 2.24) is 10.2 Å². The smallest absolute Gasteiger partial charge is 0.119 e. The van der Waals surface area contributed by atoms with Gasteiger partial charge in [-0.1, -0.05) is 97.8 Å². The molecule has 0 radical (unpaired) electrons. The Morgan fingerprint density at radius 2 is 1.25 bits per heavy atom. The Morgan fingerprint density at radius 3 is 1.84 bits per heavy atom. The third kappa shape index (κ3) is 10.6. The van der Waals surface area contributed by atoms with Gasteiger partial charge in [-0.2, -0.15) is 10.2 Å². The van der Waals surface area contributed by atoms with Crippen molar-refractivity contribution in [3.63, 3.8) is 0 Å². The van der Waals surface area contributed by atoms with E-state index < -0.39 is 0 Å². The Kier molecular flexibility index (Phi) is 13.7. The molecule has 1 unspecified atom stereocenters. The van der Waals surface area contributed by atoms with Crippen LogP contribution in [0.3, 0.4) is 0 Å². The summed E-state index contributed by atoms with van der Waals surface area (Å²) in [6.07, 6.45) is 18.4. The first-order valence-electron chi connectivity index (χ1n) is 13.3. The summed E-state index contributed by atoms with van der Waals surface area (Å²) in [6.45, 7) is 7.59. The molecule has 0 aliphatic carbocycles. The molecule has 1 aromatic carbocycles. The number of rotatable bonds is 18. The fourth-order valence-electron chi connectivity index (χ4n) is 4.11. The molecule has 0 fully saturated rings. The lowest BCUT2D eigenvalue weighted by atomic mass is 9.99. The molecule has 0 amide bonds. The molecular weight excluding hydrogens is 392 g/mol. The highest BCUT2D eigenvalue weighted by Gasteiger charge is 2.09. The molecule has 0 N–H and O–H groups in total. The van der Waals surface area contributed by atoms with Crippen LogP contribution in [0.1, 0.15) is 122 Å². The summed E-state index contributed by atoms with van der Waals surface area (Å²) in [4.78, 5) is 0. The van der Waals surface area contributed by atoms with Gasteiger partial charge in [0.1, 0.15) is 5.75 Å². The van der Waals surface area contributed by atoms with Crippen molar-refractivity contribution in [2.75, 3.05) is 6.61 Å². The van der Waals surface area contributed by atoms with Crippen LogP contribution in [-0.2, 0) is 0 Å². The molecule has 2 rings (SSSR count). The zero-order chi connectivity index (χ0) is 22.9. The molecule has 0 spiro atoms. The van der Waals surface area contributed by atoms with Gasteiger partial charge in [0.15, 0.2) is 0 Å². The molecule has 2 aromatic rings. The van der Waals surface area contributed by atoms with Gasteiger partial charge in [0.05, 0.1) is 18.0 Å². The van der Waals surface area contributed by atoms with Gasteiger partial charge in [0, 0.05) is 11.5 Å². The average Bonchev–Trinajstić information content (AvgIpc) is 2.83. The van der Waals surface area contributed by atoms with Crippen LogP contribution in [0.25, 0.3) is 11.3 Å². The van der Waals surface area contributed by atoms with Crippen molar-refractivity contribution < 1.29 is 4.74 Å². The normalized spacial score (nSPS) is 12.1. The van der Waals surface area contributed by atoms with Crippen molar-refractivity contribution in [2.24, 2.45) is 0 Å². The minimum Gasteiger partial charge on any atom is -0.494 e. The summed E-state index contributed by atoms with van der Waals surface area (Å²) >= 11 is 0. The highest BCUT2D eigenvalue weighted by atomic mass is 16.5. The topological polar surface area (TPSA) is 35.0 Å². The lowest BCUT2D eigenvalue weighted by Gasteiger charge is -2.11. The summed E-state index contributed by atoms with van der Waals surface area (Å²) in [6, 6.07) is 12.5. The maximum atomic E-state index is 5.93. The zero-order valence-corrected chi connectivity index (χ0v) is 21.0. The molecule has 0 aliphatic heterocycles. The number of aromatic nitrogens is 2. The van der Waals surface area contributed by atoms with Gasteiger partial charge in [-0.3, -0.25) is 0 Å². The van der Waals surface area contributed by atoms with Crippen LogP contribution in [0, 0.1) is 0 Å². The van der Waals surface area contributed by atoms with Crippen LogP contribution in [0.2, 0.25) is 0 Å².